The van der Waals surface area contributed by atoms with Crippen LogP contribution in [0.5, 0.6) is 0 Å². The molecule has 224 valence electrons. The standard InChI is InChI=1S/C21H25.C10H9O.C8H8.2ClH.Zr/c1-20(2,3)16-7-9-18-14(12-16)11-15-13-17(21(4,5)6)8-10-19(15)18;1-8-4-5-9(7-8)10-3-2-6-11-10;1-2-8-6-4-3-5-7-8;;;/h7-10,12H,11H2,1-6H3;2-3,5-8H,1H3;3-7H,1H3;2*1H;. The van der Waals surface area contributed by atoms with Crippen molar-refractivity contribution in [2.45, 2.75) is 72.6 Å². The largest absolute Gasteiger partial charge is 0.147 e. The Morgan fingerprint density at radius 2 is 1.51 bits per heavy atom. The van der Waals surface area contributed by atoms with Crippen LogP contribution in [0.1, 0.15) is 89.0 Å². The third-order valence-electron chi connectivity index (χ3n) is 8.91. The van der Waals surface area contributed by atoms with Crippen LogP contribution in [-0.4, -0.2) is 3.21 Å². The number of halogens is 2. The Bertz CT molecular complexity index is 1730. The van der Waals surface area contributed by atoms with E-state index in [0.29, 0.717) is 5.92 Å². The zero-order valence-corrected chi connectivity index (χ0v) is 30.8. The first-order valence-corrected chi connectivity index (χ1v) is 18.7. The normalized spacial score (nSPS) is 16.3. The van der Waals surface area contributed by atoms with Crippen molar-refractivity contribution in [1.29, 1.82) is 0 Å². The smallest absolute Gasteiger partial charge is 0.147 e. The Kier molecular flexibility index (Phi) is 9.88. The van der Waals surface area contributed by atoms with E-state index in [0.717, 1.165) is 12.2 Å². The molecule has 2 aliphatic carbocycles. The molecule has 0 saturated heterocycles. The number of allylic oxidation sites excluding steroid dienone is 4. The summed E-state index contributed by atoms with van der Waals surface area (Å²) in [5.41, 5.74) is 11.7. The molecule has 0 aliphatic heterocycles. The summed E-state index contributed by atoms with van der Waals surface area (Å²) in [7, 11) is 0. The molecule has 1 aromatic heterocycles. The van der Waals surface area contributed by atoms with E-state index in [-0.39, 0.29) is 35.6 Å². The van der Waals surface area contributed by atoms with Gasteiger partial charge in [-0.05, 0) is 0 Å². The summed E-state index contributed by atoms with van der Waals surface area (Å²) in [5.74, 6) is 1.37. The topological polar surface area (TPSA) is 13.1 Å². The van der Waals surface area contributed by atoms with Crippen LogP contribution in [0.3, 0.4) is 0 Å². The first-order chi connectivity index (χ1) is 19.4. The molecule has 0 amide bonds. The van der Waals surface area contributed by atoms with Crippen LogP contribution >= 0.6 is 24.8 Å². The zero-order valence-electron chi connectivity index (χ0n) is 26.7. The van der Waals surface area contributed by atoms with Crippen LogP contribution in [0.25, 0.3) is 16.7 Å². The number of fused-ring (bicyclic) bond motifs is 3. The van der Waals surface area contributed by atoms with E-state index in [1.54, 1.807) is 21.6 Å². The van der Waals surface area contributed by atoms with Crippen molar-refractivity contribution < 1.29 is 25.7 Å². The van der Waals surface area contributed by atoms with Crippen LogP contribution in [0.2, 0.25) is 0 Å². The van der Waals surface area contributed by atoms with E-state index in [9.17, 15) is 0 Å². The molecular formula is C39H44Cl2OZr. The second-order valence-corrected chi connectivity index (χ2v) is 20.3. The van der Waals surface area contributed by atoms with Crippen molar-refractivity contribution in [1.82, 2.24) is 0 Å². The molecule has 0 spiro atoms. The molecular weight excluding hydrogens is 647 g/mol. The predicted molar refractivity (Wildman–Crippen MR) is 186 cm³/mol. The Morgan fingerprint density at radius 1 is 0.814 bits per heavy atom. The van der Waals surface area contributed by atoms with Crippen molar-refractivity contribution in [2.75, 3.05) is 0 Å². The number of furan rings is 1. The molecule has 3 aromatic carbocycles. The maximum Gasteiger partial charge on any atom is -0.147 e. The minimum atomic E-state index is -2.68. The molecule has 4 aromatic rings. The van der Waals surface area contributed by atoms with Gasteiger partial charge in [0, 0.05) is 0 Å². The molecule has 43 heavy (non-hydrogen) atoms. The average molecular weight is 691 g/mol. The van der Waals surface area contributed by atoms with Gasteiger partial charge in [-0.1, -0.05) is 0 Å². The van der Waals surface area contributed by atoms with E-state index in [2.05, 4.69) is 134 Å². The molecule has 1 unspecified atom stereocenters. The van der Waals surface area contributed by atoms with Gasteiger partial charge in [-0.25, -0.2) is 0 Å². The van der Waals surface area contributed by atoms with Gasteiger partial charge in [0.15, 0.2) is 0 Å². The number of hydrogen-bond donors (Lipinski definition) is 0. The summed E-state index contributed by atoms with van der Waals surface area (Å²) in [6, 6.07) is 27.4. The molecule has 0 fully saturated rings. The first kappa shape index (κ1) is 33.6. The van der Waals surface area contributed by atoms with Gasteiger partial charge < -0.3 is 0 Å². The number of benzene rings is 3. The summed E-state index contributed by atoms with van der Waals surface area (Å²) in [6.07, 6.45) is 7.74. The number of hydrogen-bond acceptors (Lipinski definition) is 1. The van der Waals surface area contributed by atoms with Gasteiger partial charge >= 0.3 is 255 Å². The fourth-order valence-corrected chi connectivity index (χ4v) is 15.6. The average Bonchev–Trinajstić information content (AvgIpc) is 3.67. The van der Waals surface area contributed by atoms with Crippen LogP contribution in [-0.2, 0) is 38.5 Å². The second-order valence-electron chi connectivity index (χ2n) is 13.9. The molecule has 6 rings (SSSR count). The SMILES string of the molecule is C/[C](c1ccccc1)=[Zr](\[C]1=CC(c2ccco2)=CC1C)[c]1c(C(C)(C)C)ccc2c1Cc1cc(C(C)(C)C)ccc1-2.Cl.Cl. The van der Waals surface area contributed by atoms with Gasteiger partial charge in [-0.2, -0.15) is 0 Å². The van der Waals surface area contributed by atoms with Gasteiger partial charge in [0.05, 0.1) is 0 Å². The van der Waals surface area contributed by atoms with Crippen molar-refractivity contribution >= 4 is 36.9 Å². The fraction of sp³-hybridized carbons (Fsp3) is 0.308. The van der Waals surface area contributed by atoms with Crippen molar-refractivity contribution in [3.63, 3.8) is 0 Å². The maximum absolute atomic E-state index is 5.88. The quantitative estimate of drug-likeness (QED) is 0.183. The van der Waals surface area contributed by atoms with Gasteiger partial charge in [0.2, 0.25) is 0 Å². The van der Waals surface area contributed by atoms with Gasteiger partial charge in [-0.15, -0.1) is 24.8 Å². The predicted octanol–water partition coefficient (Wildman–Crippen LogP) is 10.4. The van der Waals surface area contributed by atoms with Crippen LogP contribution < -0.4 is 3.27 Å². The number of rotatable bonds is 4. The summed E-state index contributed by atoms with van der Waals surface area (Å²) in [5, 5.41) is 0. The molecule has 1 atom stereocenters. The summed E-state index contributed by atoms with van der Waals surface area (Å²) < 4.78 is 10.8. The molecule has 1 heterocycles. The zero-order chi connectivity index (χ0) is 29.1. The molecule has 1 nitrogen and oxygen atoms in total. The van der Waals surface area contributed by atoms with Crippen LogP contribution in [0.4, 0.5) is 0 Å². The molecule has 4 heteroatoms. The van der Waals surface area contributed by atoms with Gasteiger partial charge in [0.1, 0.15) is 0 Å². The van der Waals surface area contributed by atoms with Crippen molar-refractivity contribution in [3.05, 3.63) is 128 Å². The fourth-order valence-electron chi connectivity index (χ4n) is 6.64. The minimum absolute atomic E-state index is 0. The molecule has 0 saturated carbocycles. The Morgan fingerprint density at radius 3 is 2.14 bits per heavy atom. The van der Waals surface area contributed by atoms with E-state index in [1.165, 1.54) is 39.0 Å². The monoisotopic (exact) mass is 688 g/mol. The van der Waals surface area contributed by atoms with E-state index in [1.807, 2.05) is 6.07 Å². The van der Waals surface area contributed by atoms with Crippen molar-refractivity contribution in [2.24, 2.45) is 5.92 Å². The third-order valence-corrected chi connectivity index (χ3v) is 17.0. The second kappa shape index (κ2) is 12.6. The van der Waals surface area contributed by atoms with Crippen LogP contribution in [0.15, 0.2) is 98.9 Å². The molecule has 2 aliphatic rings. The Labute approximate surface area is 278 Å². The van der Waals surface area contributed by atoms with Crippen LogP contribution in [0, 0.1) is 5.92 Å². The first-order valence-electron chi connectivity index (χ1n) is 15.0. The van der Waals surface area contributed by atoms with Gasteiger partial charge in [-0.3, -0.25) is 0 Å². The van der Waals surface area contributed by atoms with Gasteiger partial charge in [0.25, 0.3) is 0 Å². The summed E-state index contributed by atoms with van der Waals surface area (Å²) >= 11 is -2.68. The van der Waals surface area contributed by atoms with E-state index in [4.69, 9.17) is 4.42 Å². The summed E-state index contributed by atoms with van der Waals surface area (Å²) in [6.45, 7) is 19.0. The molecule has 0 radical (unpaired) electrons. The summed E-state index contributed by atoms with van der Waals surface area (Å²) in [4.78, 5) is 0. The molecule has 0 N–H and O–H groups in total. The van der Waals surface area contributed by atoms with E-state index < -0.39 is 21.3 Å². The minimum Gasteiger partial charge on any atom is -0.147 e. The Hall–Kier alpha value is -2.25. The van der Waals surface area contributed by atoms with Crippen molar-refractivity contribution in [3.8, 4) is 11.1 Å². The Balaban J connectivity index is 0.00000212. The third kappa shape index (κ3) is 6.31. The molecule has 0 bridgehead atoms. The maximum atomic E-state index is 5.88. The van der Waals surface area contributed by atoms with E-state index >= 15 is 0 Å².